The van der Waals surface area contributed by atoms with Gasteiger partial charge in [-0.05, 0) is 54.3 Å². The Morgan fingerprint density at radius 1 is 1.13 bits per heavy atom. The molecule has 3 aromatic rings. The Hall–Kier alpha value is -3.48. The highest BCUT2D eigenvalue weighted by Gasteiger charge is 2.48. The number of halogens is 2. The summed E-state index contributed by atoms with van der Waals surface area (Å²) < 4.78 is 0. The van der Waals surface area contributed by atoms with E-state index in [4.69, 9.17) is 39.0 Å². The molecule has 39 heavy (non-hydrogen) atoms. The van der Waals surface area contributed by atoms with Crippen LogP contribution in [0.25, 0.3) is 0 Å². The second-order valence-corrected chi connectivity index (χ2v) is 10.7. The largest absolute Gasteiger partial charge is 0.326 e. The van der Waals surface area contributed by atoms with Crippen molar-refractivity contribution in [1.29, 1.82) is 5.26 Å². The lowest BCUT2D eigenvalue weighted by Gasteiger charge is -2.48. The van der Waals surface area contributed by atoms with Crippen LogP contribution in [0.5, 0.6) is 0 Å². The average molecular weight is 564 g/mol. The van der Waals surface area contributed by atoms with E-state index in [0.29, 0.717) is 38.0 Å². The highest BCUT2D eigenvalue weighted by molar-refractivity contribution is 6.35. The summed E-state index contributed by atoms with van der Waals surface area (Å²) in [6.07, 6.45) is 4.88. The van der Waals surface area contributed by atoms with Crippen molar-refractivity contribution < 1.29 is 14.4 Å². The fourth-order valence-electron chi connectivity index (χ4n) is 5.58. The summed E-state index contributed by atoms with van der Waals surface area (Å²) in [5, 5.41) is 9.78. The Labute approximate surface area is 236 Å². The van der Waals surface area contributed by atoms with Gasteiger partial charge in [-0.1, -0.05) is 60.3 Å². The van der Waals surface area contributed by atoms with Gasteiger partial charge in [-0.25, -0.2) is 5.48 Å². The van der Waals surface area contributed by atoms with E-state index in [1.165, 1.54) is 6.20 Å². The van der Waals surface area contributed by atoms with Crippen molar-refractivity contribution in [2.24, 2.45) is 5.73 Å². The average Bonchev–Trinajstić information content (AvgIpc) is 2.94. The van der Waals surface area contributed by atoms with Crippen LogP contribution in [0.2, 0.25) is 10.0 Å². The molecule has 1 aliphatic heterocycles. The second kappa shape index (κ2) is 11.7. The molecule has 10 heteroatoms. The number of nitrogens with two attached hydrogens (primary N) is 1. The van der Waals surface area contributed by atoms with E-state index in [-0.39, 0.29) is 24.6 Å². The number of hydrogen-bond donors (Lipinski definition) is 2. The quantitative estimate of drug-likeness (QED) is 0.404. The molecule has 0 saturated heterocycles. The van der Waals surface area contributed by atoms with Gasteiger partial charge in [0.15, 0.2) is 0 Å². The summed E-state index contributed by atoms with van der Waals surface area (Å²) in [5.41, 5.74) is 11.8. The van der Waals surface area contributed by atoms with Gasteiger partial charge in [0.25, 0.3) is 11.8 Å². The van der Waals surface area contributed by atoms with Gasteiger partial charge >= 0.3 is 0 Å². The summed E-state index contributed by atoms with van der Waals surface area (Å²) in [5.74, 6) is -1.45. The van der Waals surface area contributed by atoms with E-state index in [1.807, 2.05) is 6.07 Å². The Morgan fingerprint density at radius 3 is 2.64 bits per heavy atom. The number of benzene rings is 2. The lowest BCUT2D eigenvalue weighted by molar-refractivity contribution is -0.138. The maximum atomic E-state index is 14.1. The molecule has 2 amide bonds. The van der Waals surface area contributed by atoms with Gasteiger partial charge in [0.2, 0.25) is 0 Å². The Kier molecular flexibility index (Phi) is 8.15. The van der Waals surface area contributed by atoms with Crippen LogP contribution >= 0.6 is 23.2 Å². The third-order valence-corrected chi connectivity index (χ3v) is 7.99. The topological polar surface area (TPSA) is 121 Å². The fraction of sp³-hybridized carbons (Fsp3) is 0.310. The van der Waals surface area contributed by atoms with E-state index in [0.717, 1.165) is 25.7 Å². The molecule has 2 heterocycles. The van der Waals surface area contributed by atoms with Gasteiger partial charge < -0.3 is 10.6 Å². The smallest absolute Gasteiger partial charge is 0.255 e. The third-order valence-electron chi connectivity index (χ3n) is 7.43. The van der Waals surface area contributed by atoms with Gasteiger partial charge in [-0.15, -0.1) is 0 Å². The fourth-order valence-corrected chi connectivity index (χ4v) is 6.10. The number of hydrogen-bond acceptors (Lipinski definition) is 6. The minimum Gasteiger partial charge on any atom is -0.326 e. The number of carbonyl (C=O) groups excluding carboxylic acids is 2. The zero-order chi connectivity index (χ0) is 27.5. The summed E-state index contributed by atoms with van der Waals surface area (Å²) in [6, 6.07) is 16.3. The van der Waals surface area contributed by atoms with E-state index >= 15 is 0 Å². The standard InChI is InChI=1S/C29H27Cl2N5O3/c30-18-10-12-22(23(31)13-18)27-26(28(37)35-39-16-19-11-9-17(14-32)15-34-19)20-5-1-2-6-21(20)29(38)36(27)25-8-4-3-7-24(25)33/h1-2,5-6,9-13,15,24-27H,3-4,7-8,16,33H2,(H,35,37)/t24-,25-,26+,27-/m0/s1. The van der Waals surface area contributed by atoms with E-state index < -0.39 is 17.9 Å². The van der Waals surface area contributed by atoms with Crippen LogP contribution in [0, 0.1) is 11.3 Å². The predicted molar refractivity (Wildman–Crippen MR) is 147 cm³/mol. The van der Waals surface area contributed by atoms with Crippen LogP contribution in [0.1, 0.15) is 70.4 Å². The number of pyridine rings is 1. The predicted octanol–water partition coefficient (Wildman–Crippen LogP) is 5.06. The van der Waals surface area contributed by atoms with Crippen LogP contribution < -0.4 is 11.2 Å². The van der Waals surface area contributed by atoms with Crippen LogP contribution in [0.3, 0.4) is 0 Å². The zero-order valence-electron chi connectivity index (χ0n) is 21.0. The minimum absolute atomic E-state index is 0.00563. The number of rotatable bonds is 6. The molecule has 1 saturated carbocycles. The van der Waals surface area contributed by atoms with Gasteiger partial charge in [-0.2, -0.15) is 5.26 Å². The summed E-state index contributed by atoms with van der Waals surface area (Å²) in [6.45, 7) is -0.00563. The first-order chi connectivity index (χ1) is 18.9. The van der Waals surface area contributed by atoms with Gasteiger partial charge in [0.1, 0.15) is 12.7 Å². The monoisotopic (exact) mass is 563 g/mol. The van der Waals surface area contributed by atoms with Crippen molar-refractivity contribution >= 4 is 35.0 Å². The number of amides is 2. The molecule has 2 aliphatic rings. The molecule has 1 fully saturated rings. The number of nitriles is 1. The van der Waals surface area contributed by atoms with Crippen molar-refractivity contribution in [3.05, 3.63) is 98.8 Å². The second-order valence-electron chi connectivity index (χ2n) is 9.81. The van der Waals surface area contributed by atoms with E-state index in [2.05, 4.69) is 10.5 Å². The van der Waals surface area contributed by atoms with Crippen molar-refractivity contribution in [2.45, 2.75) is 56.3 Å². The molecule has 4 atom stereocenters. The molecule has 0 unspecified atom stereocenters. The highest BCUT2D eigenvalue weighted by atomic mass is 35.5. The lowest BCUT2D eigenvalue weighted by Crippen LogP contribution is -2.57. The first-order valence-electron chi connectivity index (χ1n) is 12.8. The minimum atomic E-state index is -0.833. The van der Waals surface area contributed by atoms with Gasteiger partial charge in [-0.3, -0.25) is 19.4 Å². The van der Waals surface area contributed by atoms with Crippen molar-refractivity contribution in [2.75, 3.05) is 0 Å². The Balaban J connectivity index is 1.53. The van der Waals surface area contributed by atoms with Gasteiger partial charge in [0.05, 0.1) is 23.2 Å². The molecular formula is C29H27Cl2N5O3. The van der Waals surface area contributed by atoms with Crippen LogP contribution in [0.15, 0.2) is 60.8 Å². The SMILES string of the molecule is N#Cc1ccc(CONC(=O)[C@@H]2c3ccccc3C(=O)N([C@H]3CCCC[C@@H]3N)[C@H]2c2ccc(Cl)cc2Cl)nc1. The third kappa shape index (κ3) is 5.49. The lowest BCUT2D eigenvalue weighted by atomic mass is 9.76. The maximum Gasteiger partial charge on any atom is 0.255 e. The molecule has 5 rings (SSSR count). The molecule has 2 aromatic carbocycles. The normalized spacial score (nSPS) is 22.6. The van der Waals surface area contributed by atoms with Crippen LogP contribution in [-0.2, 0) is 16.2 Å². The van der Waals surface area contributed by atoms with E-state index in [1.54, 1.807) is 59.5 Å². The molecule has 0 spiro atoms. The van der Waals surface area contributed by atoms with Crippen molar-refractivity contribution in [1.82, 2.24) is 15.4 Å². The summed E-state index contributed by atoms with van der Waals surface area (Å²) in [7, 11) is 0. The van der Waals surface area contributed by atoms with Crippen LogP contribution in [-0.4, -0.2) is 33.8 Å². The molecule has 1 aromatic heterocycles. The number of carbonyl (C=O) groups is 2. The Morgan fingerprint density at radius 2 is 1.92 bits per heavy atom. The summed E-state index contributed by atoms with van der Waals surface area (Å²) in [4.78, 5) is 39.4. The molecular weight excluding hydrogens is 537 g/mol. The number of nitrogens with zero attached hydrogens (tertiary/aromatic N) is 3. The van der Waals surface area contributed by atoms with Gasteiger partial charge in [0, 0.05) is 33.9 Å². The van der Waals surface area contributed by atoms with Crippen molar-refractivity contribution in [3.8, 4) is 6.07 Å². The molecule has 1 aliphatic carbocycles. The zero-order valence-corrected chi connectivity index (χ0v) is 22.5. The Bertz CT molecular complexity index is 1430. The van der Waals surface area contributed by atoms with Crippen LogP contribution in [0.4, 0.5) is 0 Å². The first-order valence-corrected chi connectivity index (χ1v) is 13.5. The van der Waals surface area contributed by atoms with E-state index in [9.17, 15) is 9.59 Å². The molecule has 3 N–H and O–H groups in total. The summed E-state index contributed by atoms with van der Waals surface area (Å²) >= 11 is 12.9. The highest BCUT2D eigenvalue weighted by Crippen LogP contribution is 2.47. The number of hydroxylamine groups is 1. The van der Waals surface area contributed by atoms with Crippen molar-refractivity contribution in [3.63, 3.8) is 0 Å². The molecule has 200 valence electrons. The first kappa shape index (κ1) is 27.1. The number of nitrogens with one attached hydrogen (secondary N) is 1. The molecule has 0 radical (unpaired) electrons. The number of fused-ring (bicyclic) bond motifs is 1. The maximum absolute atomic E-state index is 14.1. The molecule has 0 bridgehead atoms. The molecule has 8 nitrogen and oxygen atoms in total. The number of aromatic nitrogens is 1.